The third-order valence-corrected chi connectivity index (χ3v) is 2.60. The largest absolute Gasteiger partial charge is 0.424 e. The van der Waals surface area contributed by atoms with Crippen LogP contribution in [0.2, 0.25) is 0 Å². The van der Waals surface area contributed by atoms with Gasteiger partial charge in [-0.3, -0.25) is 0 Å². The van der Waals surface area contributed by atoms with Gasteiger partial charge < -0.3 is 10.5 Å². The van der Waals surface area contributed by atoms with Crippen LogP contribution in [0.15, 0.2) is 28.7 Å². The summed E-state index contributed by atoms with van der Waals surface area (Å²) in [5.74, 6) is -0.0680. The lowest BCUT2D eigenvalue weighted by atomic mass is 10.3. The molecule has 0 atom stereocenters. The van der Waals surface area contributed by atoms with Crippen molar-refractivity contribution < 1.29 is 9.13 Å². The molecule has 0 unspecified atom stereocenters. The molecule has 6 heteroatoms. The molecule has 1 aromatic heterocycles. The number of aromatic nitrogens is 2. The van der Waals surface area contributed by atoms with Crippen molar-refractivity contribution in [2.75, 3.05) is 0 Å². The zero-order chi connectivity index (χ0) is 13.1. The molecule has 2 N–H and O–H groups in total. The van der Waals surface area contributed by atoms with Gasteiger partial charge in [-0.25, -0.2) is 9.37 Å². The fraction of sp³-hybridized carbons (Fsp3) is 0.167. The number of hydrogen-bond acceptors (Lipinski definition) is 4. The molecule has 0 aliphatic rings. The van der Waals surface area contributed by atoms with Crippen molar-refractivity contribution in [1.29, 1.82) is 0 Å². The van der Waals surface area contributed by atoms with Crippen molar-refractivity contribution >= 4 is 15.9 Å². The highest BCUT2D eigenvalue weighted by Crippen LogP contribution is 2.24. The lowest BCUT2D eigenvalue weighted by Crippen LogP contribution is -2.03. The van der Waals surface area contributed by atoms with Gasteiger partial charge in [0.25, 0.3) is 0 Å². The molecule has 0 amide bonds. The summed E-state index contributed by atoms with van der Waals surface area (Å²) in [7, 11) is 0. The lowest BCUT2D eigenvalue weighted by Gasteiger charge is -2.06. The van der Waals surface area contributed by atoms with E-state index in [4.69, 9.17) is 10.5 Å². The summed E-state index contributed by atoms with van der Waals surface area (Å²) in [6.07, 6.45) is 0. The number of nitrogens with two attached hydrogens (primary N) is 1. The van der Waals surface area contributed by atoms with E-state index in [-0.39, 0.29) is 6.01 Å². The smallest absolute Gasteiger partial charge is 0.322 e. The molecule has 0 fully saturated rings. The molecule has 0 aliphatic heterocycles. The van der Waals surface area contributed by atoms with Gasteiger partial charge in [-0.2, -0.15) is 4.98 Å². The summed E-state index contributed by atoms with van der Waals surface area (Å²) in [6, 6.07) is 6.17. The SMILES string of the molecule is Cc1cc(CN)nc(Oc2cc(F)cc(Br)c2)n1. The van der Waals surface area contributed by atoms with Gasteiger partial charge in [-0.15, -0.1) is 0 Å². The first kappa shape index (κ1) is 12.9. The monoisotopic (exact) mass is 311 g/mol. The molecule has 0 saturated heterocycles. The quantitative estimate of drug-likeness (QED) is 0.946. The van der Waals surface area contributed by atoms with Gasteiger partial charge in [0, 0.05) is 22.8 Å². The highest BCUT2D eigenvalue weighted by atomic mass is 79.9. The summed E-state index contributed by atoms with van der Waals surface area (Å²) >= 11 is 3.19. The molecule has 0 saturated carbocycles. The number of rotatable bonds is 3. The van der Waals surface area contributed by atoms with Gasteiger partial charge in [-0.1, -0.05) is 15.9 Å². The molecule has 0 bridgehead atoms. The Labute approximate surface area is 112 Å². The van der Waals surface area contributed by atoms with Gasteiger partial charge in [-0.05, 0) is 25.1 Å². The van der Waals surface area contributed by atoms with Crippen LogP contribution in [-0.2, 0) is 6.54 Å². The maximum atomic E-state index is 13.2. The van der Waals surface area contributed by atoms with Gasteiger partial charge in [0.15, 0.2) is 0 Å². The Bertz CT molecular complexity index is 557. The molecule has 94 valence electrons. The maximum absolute atomic E-state index is 13.2. The second-order valence-corrected chi connectivity index (χ2v) is 4.61. The number of benzene rings is 1. The summed E-state index contributed by atoms with van der Waals surface area (Å²) < 4.78 is 19.2. The Hall–Kier alpha value is -1.53. The normalized spacial score (nSPS) is 10.4. The van der Waals surface area contributed by atoms with Crippen molar-refractivity contribution in [2.24, 2.45) is 5.73 Å². The molecule has 1 aromatic carbocycles. The van der Waals surface area contributed by atoms with Crippen LogP contribution in [0.5, 0.6) is 11.8 Å². The van der Waals surface area contributed by atoms with Crippen LogP contribution in [0.4, 0.5) is 4.39 Å². The predicted octanol–water partition coefficient (Wildman–Crippen LogP) is 2.94. The number of ether oxygens (including phenoxy) is 1. The van der Waals surface area contributed by atoms with E-state index >= 15 is 0 Å². The number of halogens is 2. The average Bonchev–Trinajstić information content (AvgIpc) is 2.26. The van der Waals surface area contributed by atoms with E-state index in [9.17, 15) is 4.39 Å². The van der Waals surface area contributed by atoms with E-state index in [0.717, 1.165) is 5.69 Å². The van der Waals surface area contributed by atoms with Gasteiger partial charge in [0.2, 0.25) is 0 Å². The highest BCUT2D eigenvalue weighted by molar-refractivity contribution is 9.10. The summed E-state index contributed by atoms with van der Waals surface area (Å²) in [4.78, 5) is 8.22. The highest BCUT2D eigenvalue weighted by Gasteiger charge is 2.06. The number of nitrogens with zero attached hydrogens (tertiary/aromatic N) is 2. The number of hydrogen-bond donors (Lipinski definition) is 1. The topological polar surface area (TPSA) is 61.0 Å². The van der Waals surface area contributed by atoms with E-state index in [0.29, 0.717) is 22.5 Å². The van der Waals surface area contributed by atoms with E-state index in [2.05, 4.69) is 25.9 Å². The van der Waals surface area contributed by atoms with E-state index in [1.807, 2.05) is 6.92 Å². The third-order valence-electron chi connectivity index (χ3n) is 2.14. The van der Waals surface area contributed by atoms with Crippen LogP contribution >= 0.6 is 15.9 Å². The minimum Gasteiger partial charge on any atom is -0.424 e. The first-order valence-electron chi connectivity index (χ1n) is 5.25. The fourth-order valence-corrected chi connectivity index (χ4v) is 1.89. The van der Waals surface area contributed by atoms with E-state index in [1.165, 1.54) is 12.1 Å². The van der Waals surface area contributed by atoms with Crippen molar-refractivity contribution in [2.45, 2.75) is 13.5 Å². The van der Waals surface area contributed by atoms with Crippen LogP contribution in [0, 0.1) is 12.7 Å². The molecular formula is C12H11BrFN3O. The van der Waals surface area contributed by atoms with Gasteiger partial charge in [0.1, 0.15) is 11.6 Å². The summed E-state index contributed by atoms with van der Waals surface area (Å²) in [6.45, 7) is 2.11. The predicted molar refractivity (Wildman–Crippen MR) is 68.8 cm³/mol. The average molecular weight is 312 g/mol. The summed E-state index contributed by atoms with van der Waals surface area (Å²) in [5, 5.41) is 0. The Balaban J connectivity index is 2.30. The van der Waals surface area contributed by atoms with Crippen molar-refractivity contribution in [3.63, 3.8) is 0 Å². The molecule has 4 nitrogen and oxygen atoms in total. The molecule has 1 heterocycles. The third kappa shape index (κ3) is 3.24. The number of aryl methyl sites for hydroxylation is 1. The molecule has 2 aromatic rings. The van der Waals surface area contributed by atoms with Gasteiger partial charge in [0.05, 0.1) is 5.69 Å². The first-order valence-corrected chi connectivity index (χ1v) is 6.04. The second-order valence-electron chi connectivity index (χ2n) is 3.69. The zero-order valence-corrected chi connectivity index (χ0v) is 11.2. The van der Waals surface area contributed by atoms with E-state index in [1.54, 1.807) is 12.1 Å². The molecule has 18 heavy (non-hydrogen) atoms. The van der Waals surface area contributed by atoms with Crippen molar-refractivity contribution in [1.82, 2.24) is 9.97 Å². The Morgan fingerprint density at radius 2 is 2.06 bits per heavy atom. The van der Waals surface area contributed by atoms with Crippen molar-refractivity contribution in [3.05, 3.63) is 45.9 Å². The van der Waals surface area contributed by atoms with Crippen LogP contribution in [0.3, 0.4) is 0 Å². The molecule has 0 aliphatic carbocycles. The summed E-state index contributed by atoms with van der Waals surface area (Å²) in [5.41, 5.74) is 6.94. The van der Waals surface area contributed by atoms with Crippen molar-refractivity contribution in [3.8, 4) is 11.8 Å². The van der Waals surface area contributed by atoms with E-state index < -0.39 is 5.82 Å². The standard InChI is InChI=1S/C12H11BrFN3O/c1-7-2-10(6-15)17-12(16-7)18-11-4-8(13)3-9(14)5-11/h2-5H,6,15H2,1H3. The first-order chi connectivity index (χ1) is 8.56. The van der Waals surface area contributed by atoms with Crippen LogP contribution in [0.1, 0.15) is 11.4 Å². The lowest BCUT2D eigenvalue weighted by molar-refractivity contribution is 0.434. The van der Waals surface area contributed by atoms with Crippen LogP contribution in [0.25, 0.3) is 0 Å². The van der Waals surface area contributed by atoms with Crippen LogP contribution in [-0.4, -0.2) is 9.97 Å². The van der Waals surface area contributed by atoms with Crippen LogP contribution < -0.4 is 10.5 Å². The zero-order valence-electron chi connectivity index (χ0n) is 9.65. The Morgan fingerprint density at radius 1 is 1.28 bits per heavy atom. The minimum absolute atomic E-state index is 0.160. The Morgan fingerprint density at radius 3 is 2.72 bits per heavy atom. The fourth-order valence-electron chi connectivity index (χ4n) is 1.45. The molecule has 0 spiro atoms. The molecule has 0 radical (unpaired) electrons. The Kier molecular flexibility index (Phi) is 3.88. The maximum Gasteiger partial charge on any atom is 0.322 e. The molecular weight excluding hydrogens is 301 g/mol. The van der Waals surface area contributed by atoms with Gasteiger partial charge >= 0.3 is 6.01 Å². The molecule has 2 rings (SSSR count). The second kappa shape index (κ2) is 5.41. The minimum atomic E-state index is -0.397.